The molecule has 2 spiro atoms. The topological polar surface area (TPSA) is 107 Å². The van der Waals surface area contributed by atoms with Gasteiger partial charge in [0.15, 0.2) is 0 Å². The van der Waals surface area contributed by atoms with E-state index in [2.05, 4.69) is 36.7 Å². The van der Waals surface area contributed by atoms with Crippen molar-refractivity contribution in [2.24, 2.45) is 11.3 Å². The fourth-order valence-corrected chi connectivity index (χ4v) is 7.93. The summed E-state index contributed by atoms with van der Waals surface area (Å²) in [5.74, 6) is -2.21. The van der Waals surface area contributed by atoms with Gasteiger partial charge in [-0.15, -0.1) is 0 Å². The number of methoxy groups -OCH3 is 1. The second-order valence-electron chi connectivity index (χ2n) is 12.7. The van der Waals surface area contributed by atoms with Crippen LogP contribution >= 0.6 is 23.2 Å². The van der Waals surface area contributed by atoms with Gasteiger partial charge in [0, 0.05) is 34.3 Å². The summed E-state index contributed by atoms with van der Waals surface area (Å²) < 4.78 is 21.6. The first kappa shape index (κ1) is 29.8. The van der Waals surface area contributed by atoms with Crippen molar-refractivity contribution in [2.75, 3.05) is 24.8 Å². The molecule has 2 amide bonds. The number of hydrogen-bond acceptors (Lipinski definition) is 5. The third-order valence-electron chi connectivity index (χ3n) is 9.40. The van der Waals surface area contributed by atoms with Gasteiger partial charge in [-0.05, 0) is 53.1 Å². The van der Waals surface area contributed by atoms with Crippen LogP contribution < -0.4 is 25.8 Å². The maximum atomic E-state index is 16.1. The molecule has 3 unspecified atom stereocenters. The maximum absolute atomic E-state index is 16.1. The summed E-state index contributed by atoms with van der Waals surface area (Å²) >= 11 is 12.7. The summed E-state index contributed by atoms with van der Waals surface area (Å²) in [6, 6.07) is 13.6. The number of rotatable bonds is 5. The Labute approximate surface area is 259 Å². The number of anilines is 2. The number of carbonyl (C=O) groups is 2. The van der Waals surface area contributed by atoms with Crippen LogP contribution in [0, 0.1) is 22.4 Å². The zero-order valence-corrected chi connectivity index (χ0v) is 25.9. The number of carbonyl (C=O) groups excluding carboxylic acids is 2. The SMILES string of the molecule is COc1cc([NH+](C)[O-])ccc1NC(=O)[C@@H]1N[C@]2(CC2C(C)(C)C)[C@@]2(C(=O)Nc3cc(Cl)ccc32)C1c1cccc(Cl)c1F. The standard InChI is InChI=1S/C32H33Cl2FN4O4/c1-30(2,3)24-15-31(24)32(19-11-9-16(33)13-22(19)37-29(32)41)25(18-7-6-8-20(34)26(18)35)27(38-31)28(40)36-21-12-10-17(39(4)42)14-23(21)43-5/h6-14,24-25,27,38-39H,15H2,1-5H3,(H,36,40)(H,37,41)/t24?,25?,27-,31+,32-/m1/s1. The highest BCUT2D eigenvalue weighted by Gasteiger charge is 2.81. The van der Waals surface area contributed by atoms with Crippen molar-refractivity contribution in [3.05, 3.63) is 86.8 Å². The van der Waals surface area contributed by atoms with Gasteiger partial charge in [-0.2, -0.15) is 0 Å². The van der Waals surface area contributed by atoms with Crippen molar-refractivity contribution in [1.82, 2.24) is 5.32 Å². The first-order valence-corrected chi connectivity index (χ1v) is 14.8. The molecule has 11 heteroatoms. The van der Waals surface area contributed by atoms with E-state index in [-0.39, 0.29) is 32.9 Å². The lowest BCUT2D eigenvalue weighted by molar-refractivity contribution is -0.751. The fourth-order valence-electron chi connectivity index (χ4n) is 7.58. The minimum Gasteiger partial charge on any atom is -0.629 e. The molecule has 0 aromatic heterocycles. The van der Waals surface area contributed by atoms with E-state index in [9.17, 15) is 14.8 Å². The Balaban J connectivity index is 1.56. The summed E-state index contributed by atoms with van der Waals surface area (Å²) in [5.41, 5.74) is -0.366. The highest BCUT2D eigenvalue weighted by molar-refractivity contribution is 6.31. The molecule has 4 N–H and O–H groups in total. The molecule has 43 heavy (non-hydrogen) atoms. The monoisotopic (exact) mass is 626 g/mol. The average molecular weight is 628 g/mol. The van der Waals surface area contributed by atoms with Crippen molar-refractivity contribution in [3.8, 4) is 5.75 Å². The van der Waals surface area contributed by atoms with Crippen molar-refractivity contribution in [2.45, 2.75) is 50.1 Å². The molecule has 6 rings (SSSR count). The average Bonchev–Trinajstić information content (AvgIpc) is 3.52. The molecule has 8 nitrogen and oxygen atoms in total. The van der Waals surface area contributed by atoms with Gasteiger partial charge in [0.2, 0.25) is 11.8 Å². The maximum Gasteiger partial charge on any atom is 0.242 e. The fraction of sp³-hybridized carbons (Fsp3) is 0.375. The molecule has 2 fully saturated rings. The second-order valence-corrected chi connectivity index (χ2v) is 13.6. The van der Waals surface area contributed by atoms with Crippen molar-refractivity contribution in [1.29, 1.82) is 0 Å². The Kier molecular flexibility index (Phi) is 7.06. The molecule has 0 radical (unpaired) electrons. The summed E-state index contributed by atoms with van der Waals surface area (Å²) in [5, 5.41) is 21.7. The smallest absolute Gasteiger partial charge is 0.242 e. The van der Waals surface area contributed by atoms with E-state index in [0.29, 0.717) is 39.8 Å². The first-order chi connectivity index (χ1) is 20.3. The van der Waals surface area contributed by atoms with Crippen LogP contribution in [0.2, 0.25) is 10.0 Å². The van der Waals surface area contributed by atoms with E-state index < -0.39 is 34.6 Å². The van der Waals surface area contributed by atoms with Crippen LogP contribution in [0.15, 0.2) is 54.6 Å². The number of ether oxygens (including phenoxy) is 1. The molecule has 6 atom stereocenters. The molecule has 1 saturated carbocycles. The number of nitrogens with one attached hydrogen (secondary N) is 4. The summed E-state index contributed by atoms with van der Waals surface area (Å²) in [6.45, 7) is 6.30. The van der Waals surface area contributed by atoms with Gasteiger partial charge in [0.1, 0.15) is 22.7 Å². The third-order valence-corrected chi connectivity index (χ3v) is 9.93. The molecular weight excluding hydrogens is 594 g/mol. The highest BCUT2D eigenvalue weighted by Crippen LogP contribution is 2.72. The van der Waals surface area contributed by atoms with Gasteiger partial charge >= 0.3 is 0 Å². The molecular formula is C32H33Cl2FN4O4. The van der Waals surface area contributed by atoms with Gasteiger partial charge in [-0.3, -0.25) is 14.9 Å². The van der Waals surface area contributed by atoms with Crippen molar-refractivity contribution in [3.63, 3.8) is 0 Å². The lowest BCUT2D eigenvalue weighted by Crippen LogP contribution is -2.98. The lowest BCUT2D eigenvalue weighted by Gasteiger charge is -2.38. The number of fused-ring (bicyclic) bond motifs is 3. The minimum absolute atomic E-state index is 0.0284. The van der Waals surface area contributed by atoms with E-state index in [1.165, 1.54) is 20.2 Å². The zero-order chi connectivity index (χ0) is 31.1. The summed E-state index contributed by atoms with van der Waals surface area (Å²) in [6.07, 6.45) is 0.588. The van der Waals surface area contributed by atoms with E-state index >= 15 is 4.39 Å². The van der Waals surface area contributed by atoms with Crippen LogP contribution in [0.5, 0.6) is 5.75 Å². The van der Waals surface area contributed by atoms with Crippen LogP contribution in [-0.4, -0.2) is 37.6 Å². The van der Waals surface area contributed by atoms with Crippen molar-refractivity contribution >= 4 is 52.1 Å². The molecule has 3 aliphatic rings. The van der Waals surface area contributed by atoms with Crippen LogP contribution in [0.1, 0.15) is 44.2 Å². The van der Waals surface area contributed by atoms with Crippen molar-refractivity contribution < 1.29 is 23.8 Å². The Bertz CT molecular complexity index is 1660. The van der Waals surface area contributed by atoms with E-state index in [1.54, 1.807) is 48.5 Å². The second kappa shape index (κ2) is 10.2. The van der Waals surface area contributed by atoms with E-state index in [0.717, 1.165) is 0 Å². The minimum atomic E-state index is -1.36. The molecule has 0 bridgehead atoms. The normalized spacial score (nSPS) is 28.1. The molecule has 2 heterocycles. The summed E-state index contributed by atoms with van der Waals surface area (Å²) in [4.78, 5) is 28.8. The predicted molar refractivity (Wildman–Crippen MR) is 165 cm³/mol. The van der Waals surface area contributed by atoms with Gasteiger partial charge in [0.25, 0.3) is 0 Å². The first-order valence-electron chi connectivity index (χ1n) is 14.1. The zero-order valence-electron chi connectivity index (χ0n) is 24.4. The van der Waals surface area contributed by atoms with Gasteiger partial charge in [0.05, 0.1) is 30.9 Å². The summed E-state index contributed by atoms with van der Waals surface area (Å²) in [7, 11) is 2.89. The highest BCUT2D eigenvalue weighted by atomic mass is 35.5. The number of quaternary nitrogens is 1. The van der Waals surface area contributed by atoms with E-state index in [1.807, 2.05) is 0 Å². The van der Waals surface area contributed by atoms with Gasteiger partial charge in [-0.1, -0.05) is 62.2 Å². The molecule has 226 valence electrons. The third kappa shape index (κ3) is 4.36. The number of halogens is 3. The molecule has 1 saturated heterocycles. The molecule has 3 aromatic rings. The predicted octanol–water partition coefficient (Wildman–Crippen LogP) is 5.17. The Hall–Kier alpha value is -3.21. The van der Waals surface area contributed by atoms with Gasteiger partial charge in [-0.25, -0.2) is 4.39 Å². The molecule has 1 aliphatic carbocycles. The van der Waals surface area contributed by atoms with Crippen LogP contribution in [0.3, 0.4) is 0 Å². The Morgan fingerprint density at radius 1 is 1.16 bits per heavy atom. The number of hydroxylamine groups is 1. The van der Waals surface area contributed by atoms with E-state index in [4.69, 9.17) is 27.9 Å². The number of hydrogen-bond donors (Lipinski definition) is 4. The van der Waals surface area contributed by atoms with Crippen LogP contribution in [-0.2, 0) is 15.0 Å². The number of benzene rings is 3. The largest absolute Gasteiger partial charge is 0.629 e. The number of amides is 2. The lowest BCUT2D eigenvalue weighted by atomic mass is 9.61. The Morgan fingerprint density at radius 2 is 1.91 bits per heavy atom. The quantitative estimate of drug-likeness (QED) is 0.292. The van der Waals surface area contributed by atoms with Gasteiger partial charge < -0.3 is 25.6 Å². The van der Waals surface area contributed by atoms with Crippen LogP contribution in [0.4, 0.5) is 21.5 Å². The van der Waals surface area contributed by atoms with Crippen LogP contribution in [0.25, 0.3) is 0 Å². The molecule has 3 aromatic carbocycles. The Morgan fingerprint density at radius 3 is 2.56 bits per heavy atom. The molecule has 2 aliphatic heterocycles.